The Morgan fingerprint density at radius 2 is 1.36 bits per heavy atom. The van der Waals surface area contributed by atoms with Gasteiger partial charge in [0.2, 0.25) is 6.04 Å². The van der Waals surface area contributed by atoms with Crippen LogP contribution in [0.25, 0.3) is 0 Å². The van der Waals surface area contributed by atoms with E-state index in [1.54, 1.807) is 0 Å². The normalized spacial score (nSPS) is 9.14. The van der Waals surface area contributed by atoms with Crippen LogP contribution in [0, 0.1) is 0 Å². The molecule has 0 aliphatic carbocycles. The highest BCUT2D eigenvalue weighted by Crippen LogP contribution is 1.92. The van der Waals surface area contributed by atoms with Crippen LogP contribution in [0.15, 0.2) is 0 Å². The van der Waals surface area contributed by atoms with E-state index in [-0.39, 0.29) is 0 Å². The molecular formula is C7H11NO6. The molecule has 0 fully saturated rings. The molecule has 7 nitrogen and oxygen atoms in total. The maximum Gasteiger partial charge on any atom is 0.408 e. The summed E-state index contributed by atoms with van der Waals surface area (Å²) in [6.45, 7) is 0. The van der Waals surface area contributed by atoms with Crippen molar-refractivity contribution in [3.63, 3.8) is 0 Å². The monoisotopic (exact) mass is 205 g/mol. The molecule has 0 aromatic heterocycles. The van der Waals surface area contributed by atoms with Crippen LogP contribution >= 0.6 is 0 Å². The minimum atomic E-state index is -1.50. The van der Waals surface area contributed by atoms with Gasteiger partial charge in [-0.3, -0.25) is 5.32 Å². The zero-order valence-corrected chi connectivity index (χ0v) is 8.03. The summed E-state index contributed by atoms with van der Waals surface area (Å²) in [6.07, 6.45) is -0.925. The van der Waals surface area contributed by atoms with Gasteiger partial charge in [-0.05, 0) is 0 Å². The van der Waals surface area contributed by atoms with Crippen molar-refractivity contribution in [2.75, 3.05) is 21.3 Å². The lowest BCUT2D eigenvalue weighted by Gasteiger charge is -2.12. The molecule has 0 aliphatic rings. The number of carbonyl (C=O) groups excluding carboxylic acids is 3. The van der Waals surface area contributed by atoms with E-state index in [0.29, 0.717) is 0 Å². The van der Waals surface area contributed by atoms with E-state index in [0.717, 1.165) is 21.3 Å². The first kappa shape index (κ1) is 12.2. The minimum absolute atomic E-state index is 0.925. The second-order valence-corrected chi connectivity index (χ2v) is 2.12. The Bertz CT molecular complexity index is 222. The van der Waals surface area contributed by atoms with Crippen molar-refractivity contribution in [2.45, 2.75) is 6.04 Å². The molecule has 0 aliphatic heterocycles. The Hall–Kier alpha value is -1.79. The predicted octanol–water partition coefficient (Wildman–Crippen LogP) is -0.943. The van der Waals surface area contributed by atoms with Gasteiger partial charge in [0.15, 0.2) is 0 Å². The number of nitrogens with one attached hydrogen (secondary N) is 1. The van der Waals surface area contributed by atoms with Gasteiger partial charge in [0.05, 0.1) is 21.3 Å². The molecule has 0 radical (unpaired) electrons. The van der Waals surface area contributed by atoms with Crippen molar-refractivity contribution < 1.29 is 28.6 Å². The molecule has 14 heavy (non-hydrogen) atoms. The van der Waals surface area contributed by atoms with Gasteiger partial charge in [-0.1, -0.05) is 0 Å². The number of methoxy groups -OCH3 is 3. The van der Waals surface area contributed by atoms with Crippen molar-refractivity contribution in [3.05, 3.63) is 0 Å². The summed E-state index contributed by atoms with van der Waals surface area (Å²) in [6, 6.07) is -1.50. The van der Waals surface area contributed by atoms with E-state index in [9.17, 15) is 14.4 Å². The second kappa shape index (κ2) is 5.79. The Kier molecular flexibility index (Phi) is 5.05. The summed E-state index contributed by atoms with van der Waals surface area (Å²) in [4.78, 5) is 32.7. The number of rotatable bonds is 3. The molecule has 0 rings (SSSR count). The molecule has 0 saturated carbocycles. The maximum atomic E-state index is 11.0. The molecular weight excluding hydrogens is 194 g/mol. The van der Waals surface area contributed by atoms with Crippen molar-refractivity contribution in [3.8, 4) is 0 Å². The highest BCUT2D eigenvalue weighted by Gasteiger charge is 2.30. The summed E-state index contributed by atoms with van der Waals surface area (Å²) < 4.78 is 12.7. The van der Waals surface area contributed by atoms with E-state index >= 15 is 0 Å². The third-order valence-electron chi connectivity index (χ3n) is 1.32. The van der Waals surface area contributed by atoms with Crippen molar-refractivity contribution in [1.29, 1.82) is 0 Å². The number of hydrogen-bond acceptors (Lipinski definition) is 6. The van der Waals surface area contributed by atoms with Gasteiger partial charge in [-0.2, -0.15) is 0 Å². The molecule has 0 aromatic carbocycles. The van der Waals surface area contributed by atoms with Crippen LogP contribution in [0.3, 0.4) is 0 Å². The lowest BCUT2D eigenvalue weighted by molar-refractivity contribution is -0.154. The van der Waals surface area contributed by atoms with Crippen molar-refractivity contribution in [1.82, 2.24) is 5.32 Å². The quantitative estimate of drug-likeness (QED) is 0.363. The highest BCUT2D eigenvalue weighted by molar-refractivity contribution is 6.01. The molecule has 0 spiro atoms. The Morgan fingerprint density at radius 3 is 1.64 bits per heavy atom. The first-order chi connectivity index (χ1) is 6.56. The third-order valence-corrected chi connectivity index (χ3v) is 1.32. The standard InChI is InChI=1S/C7H11NO6/c1-12-5(9)4(6(10)13-2)8-7(11)14-3/h4H,1-3H3,(H,8,11). The molecule has 0 saturated heterocycles. The van der Waals surface area contributed by atoms with E-state index < -0.39 is 24.1 Å². The highest BCUT2D eigenvalue weighted by atomic mass is 16.6. The summed E-state index contributed by atoms with van der Waals surface area (Å²) in [7, 11) is 3.26. The second-order valence-electron chi connectivity index (χ2n) is 2.12. The fraction of sp³-hybridized carbons (Fsp3) is 0.571. The molecule has 0 aromatic rings. The predicted molar refractivity (Wildman–Crippen MR) is 43.4 cm³/mol. The van der Waals surface area contributed by atoms with Crippen LogP contribution < -0.4 is 5.32 Å². The largest absolute Gasteiger partial charge is 0.467 e. The average molecular weight is 205 g/mol. The van der Waals surface area contributed by atoms with Gasteiger partial charge in [0.1, 0.15) is 0 Å². The number of hydrogen-bond donors (Lipinski definition) is 1. The lowest BCUT2D eigenvalue weighted by Crippen LogP contribution is -2.47. The minimum Gasteiger partial charge on any atom is -0.467 e. The molecule has 0 bridgehead atoms. The Balaban J connectivity index is 4.48. The van der Waals surface area contributed by atoms with Crippen LogP contribution in [-0.4, -0.2) is 45.4 Å². The first-order valence-electron chi connectivity index (χ1n) is 3.57. The maximum absolute atomic E-state index is 11.0. The van der Waals surface area contributed by atoms with Crippen LogP contribution in [0.2, 0.25) is 0 Å². The van der Waals surface area contributed by atoms with Gasteiger partial charge in [0, 0.05) is 0 Å². The van der Waals surface area contributed by atoms with Crippen molar-refractivity contribution in [2.24, 2.45) is 0 Å². The number of carbonyl (C=O) groups is 3. The lowest BCUT2D eigenvalue weighted by atomic mass is 10.3. The average Bonchev–Trinajstić information content (AvgIpc) is 2.23. The number of ether oxygens (including phenoxy) is 3. The van der Waals surface area contributed by atoms with Crippen LogP contribution in [0.5, 0.6) is 0 Å². The number of amides is 1. The Labute approximate surface area is 80.3 Å². The third kappa shape index (κ3) is 3.30. The van der Waals surface area contributed by atoms with E-state index in [4.69, 9.17) is 0 Å². The molecule has 0 atom stereocenters. The number of alkyl carbamates (subject to hydrolysis) is 1. The SMILES string of the molecule is COC(=O)NC(C(=O)OC)C(=O)OC. The smallest absolute Gasteiger partial charge is 0.408 e. The fourth-order valence-corrected chi connectivity index (χ4v) is 0.627. The zero-order valence-electron chi connectivity index (χ0n) is 8.03. The first-order valence-corrected chi connectivity index (χ1v) is 3.57. The van der Waals surface area contributed by atoms with E-state index in [1.807, 2.05) is 5.32 Å². The van der Waals surface area contributed by atoms with Gasteiger partial charge in [0.25, 0.3) is 0 Å². The van der Waals surface area contributed by atoms with Gasteiger partial charge < -0.3 is 14.2 Å². The fourth-order valence-electron chi connectivity index (χ4n) is 0.627. The molecule has 0 heterocycles. The van der Waals surface area contributed by atoms with Gasteiger partial charge in [-0.15, -0.1) is 0 Å². The molecule has 1 N–H and O–H groups in total. The zero-order chi connectivity index (χ0) is 11.1. The van der Waals surface area contributed by atoms with Crippen molar-refractivity contribution >= 4 is 18.0 Å². The molecule has 0 unspecified atom stereocenters. The topological polar surface area (TPSA) is 90.9 Å². The van der Waals surface area contributed by atoms with Gasteiger partial charge >= 0.3 is 18.0 Å². The van der Waals surface area contributed by atoms with E-state index in [1.165, 1.54) is 0 Å². The summed E-state index contributed by atoms with van der Waals surface area (Å²) in [5, 5.41) is 1.96. The summed E-state index contributed by atoms with van der Waals surface area (Å²) >= 11 is 0. The Morgan fingerprint density at radius 1 is 0.929 bits per heavy atom. The van der Waals surface area contributed by atoms with Crippen LogP contribution in [0.4, 0.5) is 4.79 Å². The number of esters is 2. The van der Waals surface area contributed by atoms with E-state index in [2.05, 4.69) is 14.2 Å². The molecule has 7 heteroatoms. The van der Waals surface area contributed by atoms with Gasteiger partial charge in [-0.25, -0.2) is 14.4 Å². The molecule has 80 valence electrons. The molecule has 1 amide bonds. The van der Waals surface area contributed by atoms with Crippen LogP contribution in [0.1, 0.15) is 0 Å². The summed E-state index contributed by atoms with van der Waals surface area (Å²) in [5.41, 5.74) is 0. The summed E-state index contributed by atoms with van der Waals surface area (Å²) in [5.74, 6) is -1.86. The van der Waals surface area contributed by atoms with Crippen LogP contribution in [-0.2, 0) is 23.8 Å².